The van der Waals surface area contributed by atoms with Gasteiger partial charge in [0.1, 0.15) is 0 Å². The van der Waals surface area contributed by atoms with Crippen molar-refractivity contribution in [2.24, 2.45) is 261 Å². The number of halogens is 2. The molecule has 148 heavy (non-hydrogen) atoms. The zero-order valence-corrected chi connectivity index (χ0v) is 98.3. The van der Waals surface area contributed by atoms with E-state index in [2.05, 4.69) is 145 Å². The maximum atomic E-state index is 13.8. The first-order chi connectivity index (χ1) is 69.4. The van der Waals surface area contributed by atoms with Crippen LogP contribution in [0.4, 0.5) is 8.78 Å². The maximum absolute atomic E-state index is 13.8. The van der Waals surface area contributed by atoms with Gasteiger partial charge in [0, 0.05) is 6.42 Å². The molecule has 0 bridgehead atoms. The Hall–Kier alpha value is -0.780. The number of alkyl halides is 2. The molecule has 0 aromatic carbocycles. The van der Waals surface area contributed by atoms with Gasteiger partial charge in [0.05, 0.1) is 97.7 Å². The van der Waals surface area contributed by atoms with Crippen LogP contribution in [0.2, 0.25) is 0 Å². The van der Waals surface area contributed by atoms with Gasteiger partial charge in [-0.2, -0.15) is 0 Å². The van der Waals surface area contributed by atoms with Crippen molar-refractivity contribution in [3.05, 3.63) is 0 Å². The number of hydrogen-bond donors (Lipinski definition) is 16. The Morgan fingerprint density at radius 2 is 0.547 bits per heavy atom. The number of aliphatic hydroxyl groups excluding tert-OH is 16. The molecule has 16 nitrogen and oxygen atoms in total. The van der Waals surface area contributed by atoms with Gasteiger partial charge >= 0.3 is 0 Å². The highest BCUT2D eigenvalue weighted by atomic mass is 19.3. The Labute approximate surface area is 899 Å². The van der Waals surface area contributed by atoms with E-state index in [1.165, 1.54) is 70.6 Å². The van der Waals surface area contributed by atoms with Crippen LogP contribution in [0.25, 0.3) is 0 Å². The van der Waals surface area contributed by atoms with E-state index in [-0.39, 0.29) is 213 Å². The van der Waals surface area contributed by atoms with Crippen LogP contribution in [0.15, 0.2) is 0 Å². The van der Waals surface area contributed by atoms with Crippen molar-refractivity contribution < 1.29 is 90.5 Å². The van der Waals surface area contributed by atoms with Crippen molar-refractivity contribution in [1.29, 1.82) is 0 Å². The van der Waals surface area contributed by atoms with Crippen LogP contribution in [0.5, 0.6) is 0 Å². The van der Waals surface area contributed by atoms with Gasteiger partial charge in [-0.3, -0.25) is 0 Å². The normalized spacial score (nSPS) is 54.8. The number of hydrogen-bond acceptors (Lipinski definition) is 16. The Morgan fingerprint density at radius 3 is 0.865 bits per heavy atom. The summed E-state index contributed by atoms with van der Waals surface area (Å²) in [7, 11) is 0. The molecule has 0 aromatic rings. The third-order valence-electron chi connectivity index (χ3n) is 54.8. The van der Waals surface area contributed by atoms with Gasteiger partial charge in [-0.1, -0.05) is 210 Å². The van der Waals surface area contributed by atoms with E-state index in [1.807, 2.05) is 20.8 Å². The summed E-state index contributed by atoms with van der Waals surface area (Å²) in [5.41, 5.74) is 0.450. The minimum absolute atomic E-state index is 0.0201. The highest BCUT2D eigenvalue weighted by Crippen LogP contribution is 2.78. The zero-order valence-electron chi connectivity index (χ0n) is 98.3. The largest absolute Gasteiger partial charge is 0.393 e. The van der Waals surface area contributed by atoms with Crippen molar-refractivity contribution in [3.63, 3.8) is 0 Å². The Morgan fingerprint density at radius 1 is 0.277 bits per heavy atom. The summed E-state index contributed by atoms with van der Waals surface area (Å²) in [5.74, 6) is 10.2. The molecule has 18 heteroatoms. The molecule has 61 atom stereocenters. The van der Waals surface area contributed by atoms with Gasteiger partial charge in [0.15, 0.2) is 0 Å². The first kappa shape index (κ1) is 120. The number of rotatable bonds is 20. The van der Waals surface area contributed by atoms with Gasteiger partial charge in [-0.05, 0) is 494 Å². The first-order valence-electron chi connectivity index (χ1n) is 63.7. The fraction of sp³-hybridized carbons (Fsp3) is 1.00. The molecule has 20 rings (SSSR count). The lowest BCUT2D eigenvalue weighted by Crippen LogP contribution is -2.65. The number of aliphatic hydroxyl groups is 16. The van der Waals surface area contributed by atoms with Gasteiger partial charge < -0.3 is 81.7 Å². The van der Waals surface area contributed by atoms with Gasteiger partial charge in [0.25, 0.3) is 0 Å². The molecule has 0 aromatic heterocycles. The van der Waals surface area contributed by atoms with Gasteiger partial charge in [-0.25, -0.2) is 8.78 Å². The summed E-state index contributed by atoms with van der Waals surface area (Å²) in [6.45, 7) is 55.6. The van der Waals surface area contributed by atoms with Crippen LogP contribution >= 0.6 is 0 Å². The standard InChI is InChI=1S/C27H48O3.C26H44F2O3.2C26H46O4.C25H44O2/c1-6-8-9-16(3)19-10-11-20-23-24(22(29)15-27(19,20)5)26(4)13-12-17(28)14-21(26)18(7-2)25(23)30;1-6-16-19-11-15(29)9-10-24(19,3)20-12-21(30)26(5)17(14(2)13-25(4,27)28)7-8-18(26)22(20)23(16)31;2*1-6-17-20-12-16(28)9-10-25(20,4)21-13-22(29)26(5)18(14(2)11-15(3)27)7-8-19(26)23(21)24(17)30;1-6-15(3)18-8-9-19-22-20(11-13-24(18,19)4)25(5)12-10-16(26)14-21(25)17(7-2)23(22)27/h16-25,28-30H,6-15H2,1-5H3;14-23,29-31H,6-13H2,1-5H3;2*14-24,27-30H,6-13H2,1-5H3;15-23,26-27H,6-14H2,1-5H3/t16-,17-,18-,19-,20?,21+,22+,23+,24?,25-,26+,27-;14-,15-,16-,17-,18?,19+,20?,21+,22+,23-,24+,26-;14-,15+,16-,17-,18-,19?,20+,21?,22+,23+,24-,25+,26-;14-,15-,16-,17-,18-,19?,20+,21?,22+,23+,24-,25+,26-;15-,16-,17-,18-,19?,20?,21+,22+,23-,24-,25-/m11111/s1. The van der Waals surface area contributed by atoms with E-state index in [0.29, 0.717) is 130 Å². The predicted octanol–water partition coefficient (Wildman–Crippen LogP) is 24.3. The summed E-state index contributed by atoms with van der Waals surface area (Å²) in [6, 6.07) is 0. The van der Waals surface area contributed by atoms with E-state index in [0.717, 1.165) is 211 Å². The van der Waals surface area contributed by atoms with Gasteiger partial charge in [0.2, 0.25) is 5.92 Å². The summed E-state index contributed by atoms with van der Waals surface area (Å²) >= 11 is 0. The van der Waals surface area contributed by atoms with Crippen LogP contribution in [-0.4, -0.2) is 185 Å². The first-order valence-corrected chi connectivity index (χ1v) is 63.7. The van der Waals surface area contributed by atoms with E-state index in [1.54, 1.807) is 0 Å². The maximum Gasteiger partial charge on any atom is 0.245 e. The average molecular weight is 2090 g/mol. The molecule has 10 unspecified atom stereocenters. The minimum Gasteiger partial charge on any atom is -0.393 e. The van der Waals surface area contributed by atoms with Crippen molar-refractivity contribution in [1.82, 2.24) is 0 Å². The summed E-state index contributed by atoms with van der Waals surface area (Å²) in [4.78, 5) is 0. The third kappa shape index (κ3) is 20.0. The Bertz CT molecular complexity index is 4180. The van der Waals surface area contributed by atoms with Crippen molar-refractivity contribution in [2.75, 3.05) is 0 Å². The molecule has 16 N–H and O–H groups in total. The molecule has 20 saturated carbocycles. The molecular weight excluding hydrogens is 1860 g/mol. The molecule has 0 saturated heterocycles. The molecule has 20 aliphatic carbocycles. The fourth-order valence-electron chi connectivity index (χ4n) is 47.8. The van der Waals surface area contributed by atoms with Crippen LogP contribution < -0.4 is 0 Å². The second-order valence-electron chi connectivity index (χ2n) is 60.9. The average Bonchev–Trinajstić information content (AvgIpc) is 1.36. The summed E-state index contributed by atoms with van der Waals surface area (Å²) in [6.07, 6.45) is 37.3. The topological polar surface area (TPSA) is 324 Å². The third-order valence-corrected chi connectivity index (χ3v) is 54.8. The predicted molar refractivity (Wildman–Crippen MR) is 588 cm³/mol. The van der Waals surface area contributed by atoms with Crippen molar-refractivity contribution in [2.45, 2.75) is 553 Å². The molecular formula is C130H228F2O16. The van der Waals surface area contributed by atoms with E-state index >= 15 is 0 Å². The fourth-order valence-corrected chi connectivity index (χ4v) is 47.8. The van der Waals surface area contributed by atoms with Crippen LogP contribution in [0.1, 0.15) is 449 Å². The number of fused-ring (bicyclic) bond motifs is 25. The Kier molecular flexibility index (Phi) is 36.5. The monoisotopic (exact) mass is 2080 g/mol. The molecule has 20 aliphatic rings. The second-order valence-corrected chi connectivity index (χ2v) is 60.9. The summed E-state index contributed by atoms with van der Waals surface area (Å²) < 4.78 is 27.7. The lowest BCUT2D eigenvalue weighted by atomic mass is 9.40. The quantitative estimate of drug-likeness (QED) is 0.0539. The smallest absolute Gasteiger partial charge is 0.245 e. The molecule has 0 aliphatic heterocycles. The van der Waals surface area contributed by atoms with E-state index < -0.39 is 23.5 Å². The SMILES string of the molecule is CCCC[C@@H](C)[C@H]1CCC2[C@H]3C([C@@H](O)C[C@@]21C)[C@@]1(C)CC[C@@H](O)C[C@H]1[C@@H](CC)[C@H]3O.CC[C@H]1[C@@H](O)[C@H]2C3CC[C@H]([C@H](C)CC(C)(F)F)[C@@]3(C)[C@@H](O)CC2[C@@]2(C)CC[C@@H](O)C[C@@H]12.CC[C@H]1[C@@H](O)[C@H]2C3CC[C@H]([C@H](C)CC)[C@@]3(C)CCC2[C@@]2(C)CC[C@@H](O)C[C@@H]12.CC[C@H]1[C@@H](O)[C@H]2C3CC[C@H]([C@H](C)C[C@@H](C)O)[C@@]3(C)[C@@H](O)CC2[C@@]2(C)CC[C@@H](O)C[C@@H]12.CC[C@H]1[C@@H](O)[C@H]2C3CC[C@H]([C@H](C)C[C@H](C)O)[C@@]3(C)[C@@H](O)CC2[C@@]2(C)CC[C@@H](O)C[C@@H]12. The highest BCUT2D eigenvalue weighted by molar-refractivity contribution is 5.24. The highest BCUT2D eigenvalue weighted by Gasteiger charge is 2.75. The Balaban J connectivity index is 0.000000132. The van der Waals surface area contributed by atoms with Crippen LogP contribution in [0, 0.1) is 261 Å². The van der Waals surface area contributed by atoms with Crippen LogP contribution in [0.3, 0.4) is 0 Å². The number of unbranched alkanes of at least 4 members (excludes halogenated alkanes) is 1. The molecule has 0 spiro atoms. The molecule has 0 radical (unpaired) electrons. The van der Waals surface area contributed by atoms with E-state index in [9.17, 15) is 90.5 Å². The lowest BCUT2D eigenvalue weighted by Gasteiger charge is -2.66. The molecule has 0 amide bonds. The zero-order chi connectivity index (χ0) is 108. The van der Waals surface area contributed by atoms with Crippen LogP contribution in [-0.2, 0) is 0 Å². The van der Waals surface area contributed by atoms with Crippen molar-refractivity contribution in [3.8, 4) is 0 Å². The van der Waals surface area contributed by atoms with E-state index in [4.69, 9.17) is 0 Å². The molecule has 0 heterocycles. The second kappa shape index (κ2) is 45.2. The lowest BCUT2D eigenvalue weighted by molar-refractivity contribution is -0.235. The van der Waals surface area contributed by atoms with Crippen molar-refractivity contribution >= 4 is 0 Å². The summed E-state index contributed by atoms with van der Waals surface area (Å²) in [5, 5.41) is 177. The molecule has 20 fully saturated rings. The van der Waals surface area contributed by atoms with Gasteiger partial charge in [-0.15, -0.1) is 0 Å². The minimum atomic E-state index is -2.70. The molecule has 858 valence electrons.